The van der Waals surface area contributed by atoms with Gasteiger partial charge in [0.2, 0.25) is 5.91 Å². The van der Waals surface area contributed by atoms with Gasteiger partial charge in [-0.05, 0) is 49.6 Å². The molecule has 0 spiro atoms. The number of nitrogens with zero attached hydrogens (tertiary/aromatic N) is 2. The molecule has 4 rings (SSSR count). The number of nitrogens with one attached hydrogen (secondary N) is 1. The molecule has 170 valence electrons. The Kier molecular flexibility index (Phi) is 6.29. The minimum absolute atomic E-state index is 0.000623. The Hall–Kier alpha value is -2.79. The standard InChI is InChI=1S/C21H21F2N3O4S2/c22-14-4-6-17(16(23)12-14)24-32(29,30)15-5-7-18-19(13-15)31-21(28)26(18)11-8-20(27)25-9-2-1-3-10-25/h4-7,12-13,24H,1-3,8-11H2. The number of amides is 1. The number of hydrogen-bond donors (Lipinski definition) is 1. The maximum atomic E-state index is 13.8. The Labute approximate surface area is 187 Å². The molecule has 1 amide bonds. The number of halogens is 2. The molecule has 1 aliphatic heterocycles. The van der Waals surface area contributed by atoms with Crippen molar-refractivity contribution >= 4 is 43.2 Å². The number of benzene rings is 2. The Balaban J connectivity index is 1.54. The molecule has 0 radical (unpaired) electrons. The predicted molar refractivity (Wildman–Crippen MR) is 118 cm³/mol. The molecule has 0 saturated carbocycles. The monoisotopic (exact) mass is 481 g/mol. The molecule has 1 fully saturated rings. The van der Waals surface area contributed by atoms with Gasteiger partial charge in [0.1, 0.15) is 11.6 Å². The molecule has 7 nitrogen and oxygen atoms in total. The fourth-order valence-electron chi connectivity index (χ4n) is 3.71. The second-order valence-corrected chi connectivity index (χ2v) is 10.2. The molecule has 11 heteroatoms. The first kappa shape index (κ1) is 22.4. The van der Waals surface area contributed by atoms with E-state index in [2.05, 4.69) is 4.72 Å². The molecule has 1 N–H and O–H groups in total. The number of anilines is 1. The van der Waals surface area contributed by atoms with Crippen LogP contribution in [-0.4, -0.2) is 36.9 Å². The summed E-state index contributed by atoms with van der Waals surface area (Å²) in [5, 5.41) is 0. The minimum Gasteiger partial charge on any atom is -0.343 e. The third kappa shape index (κ3) is 4.68. The lowest BCUT2D eigenvalue weighted by Gasteiger charge is -2.26. The molecule has 32 heavy (non-hydrogen) atoms. The zero-order valence-corrected chi connectivity index (χ0v) is 18.6. The SMILES string of the molecule is O=C(CCn1c(=O)sc2cc(S(=O)(=O)Nc3ccc(F)cc3F)ccc21)N1CCCCC1. The maximum Gasteiger partial charge on any atom is 0.308 e. The van der Waals surface area contributed by atoms with Gasteiger partial charge in [0.15, 0.2) is 0 Å². The van der Waals surface area contributed by atoms with Gasteiger partial charge in [0.25, 0.3) is 10.0 Å². The van der Waals surface area contributed by atoms with E-state index in [1.54, 1.807) is 0 Å². The van der Waals surface area contributed by atoms with Crippen LogP contribution in [0.2, 0.25) is 0 Å². The van der Waals surface area contributed by atoms with Crippen LogP contribution in [0.15, 0.2) is 46.1 Å². The molecule has 0 bridgehead atoms. The lowest BCUT2D eigenvalue weighted by molar-refractivity contribution is -0.132. The van der Waals surface area contributed by atoms with Crippen LogP contribution in [0.4, 0.5) is 14.5 Å². The molecule has 1 aromatic heterocycles. The van der Waals surface area contributed by atoms with Crippen molar-refractivity contribution in [3.05, 3.63) is 57.7 Å². The highest BCUT2D eigenvalue weighted by Gasteiger charge is 2.20. The number of carbonyl (C=O) groups excluding carboxylic acids is 1. The van der Waals surface area contributed by atoms with Crippen LogP contribution < -0.4 is 9.60 Å². The van der Waals surface area contributed by atoms with Crippen molar-refractivity contribution in [2.75, 3.05) is 17.8 Å². The number of carbonyl (C=O) groups is 1. The van der Waals surface area contributed by atoms with Gasteiger partial charge in [-0.3, -0.25) is 18.9 Å². The van der Waals surface area contributed by atoms with Crippen molar-refractivity contribution in [1.29, 1.82) is 0 Å². The Morgan fingerprint density at radius 2 is 1.81 bits per heavy atom. The van der Waals surface area contributed by atoms with Crippen LogP contribution in [0.25, 0.3) is 10.2 Å². The summed E-state index contributed by atoms with van der Waals surface area (Å²) in [5.41, 5.74) is 0.145. The van der Waals surface area contributed by atoms with Gasteiger partial charge in [-0.2, -0.15) is 0 Å². The predicted octanol–water partition coefficient (Wildman–Crippen LogP) is 3.54. The number of thiazole rings is 1. The van der Waals surface area contributed by atoms with Gasteiger partial charge >= 0.3 is 4.87 Å². The van der Waals surface area contributed by atoms with Crippen LogP contribution in [0.1, 0.15) is 25.7 Å². The summed E-state index contributed by atoms with van der Waals surface area (Å²) < 4.78 is 56.2. The largest absolute Gasteiger partial charge is 0.343 e. The molecule has 2 heterocycles. The third-order valence-electron chi connectivity index (χ3n) is 5.38. The molecule has 1 saturated heterocycles. The average molecular weight is 482 g/mol. The smallest absolute Gasteiger partial charge is 0.308 e. The summed E-state index contributed by atoms with van der Waals surface area (Å²) in [4.78, 5) is 26.2. The zero-order valence-electron chi connectivity index (χ0n) is 17.0. The number of sulfonamides is 1. The molecule has 0 atom stereocenters. The van der Waals surface area contributed by atoms with E-state index in [0.29, 0.717) is 16.3 Å². The topological polar surface area (TPSA) is 88.5 Å². The first-order valence-corrected chi connectivity index (χ1v) is 12.4. The second-order valence-electron chi connectivity index (χ2n) is 7.57. The van der Waals surface area contributed by atoms with E-state index in [1.807, 2.05) is 4.90 Å². The highest BCUT2D eigenvalue weighted by molar-refractivity contribution is 7.92. The Morgan fingerprint density at radius 3 is 2.53 bits per heavy atom. The van der Waals surface area contributed by atoms with Crippen LogP contribution in [0.3, 0.4) is 0 Å². The summed E-state index contributed by atoms with van der Waals surface area (Å²) >= 11 is 0.874. The van der Waals surface area contributed by atoms with Crippen molar-refractivity contribution in [2.24, 2.45) is 0 Å². The van der Waals surface area contributed by atoms with Gasteiger partial charge < -0.3 is 4.90 Å². The van der Waals surface area contributed by atoms with Gasteiger partial charge in [-0.1, -0.05) is 11.3 Å². The number of aromatic nitrogens is 1. The molecule has 0 unspecified atom stereocenters. The highest BCUT2D eigenvalue weighted by atomic mass is 32.2. The maximum absolute atomic E-state index is 13.8. The van der Waals surface area contributed by atoms with Crippen LogP contribution >= 0.6 is 11.3 Å². The first-order chi connectivity index (χ1) is 15.2. The normalized spacial score (nSPS) is 14.6. The van der Waals surface area contributed by atoms with Gasteiger partial charge in [-0.15, -0.1) is 0 Å². The number of fused-ring (bicyclic) bond motifs is 1. The molecule has 0 aliphatic carbocycles. The summed E-state index contributed by atoms with van der Waals surface area (Å²) in [6, 6.07) is 6.65. The number of hydrogen-bond acceptors (Lipinski definition) is 5. The summed E-state index contributed by atoms with van der Waals surface area (Å²) in [7, 11) is -4.16. The van der Waals surface area contributed by atoms with Crippen molar-refractivity contribution < 1.29 is 22.0 Å². The van der Waals surface area contributed by atoms with E-state index in [0.717, 1.165) is 55.8 Å². The summed E-state index contributed by atoms with van der Waals surface area (Å²) in [6.45, 7) is 1.68. The second kappa shape index (κ2) is 8.99. The average Bonchev–Trinajstić information content (AvgIpc) is 3.08. The Bertz CT molecular complexity index is 1330. The van der Waals surface area contributed by atoms with Crippen LogP contribution in [0, 0.1) is 11.6 Å². The van der Waals surface area contributed by atoms with Crippen LogP contribution in [-0.2, 0) is 21.4 Å². The number of likely N-dealkylation sites (tertiary alicyclic amines) is 1. The lowest BCUT2D eigenvalue weighted by atomic mass is 10.1. The molecular formula is C21H21F2N3O4S2. The zero-order chi connectivity index (χ0) is 22.9. The van der Waals surface area contributed by atoms with Gasteiger partial charge in [0, 0.05) is 32.1 Å². The van der Waals surface area contributed by atoms with E-state index in [1.165, 1.54) is 22.8 Å². The van der Waals surface area contributed by atoms with E-state index in [4.69, 9.17) is 0 Å². The van der Waals surface area contributed by atoms with E-state index in [9.17, 15) is 26.8 Å². The minimum atomic E-state index is -4.16. The fraction of sp³-hybridized carbons (Fsp3) is 0.333. The summed E-state index contributed by atoms with van der Waals surface area (Å²) in [5.74, 6) is -1.86. The van der Waals surface area contributed by atoms with E-state index < -0.39 is 21.7 Å². The number of piperidine rings is 1. The first-order valence-electron chi connectivity index (χ1n) is 10.1. The number of rotatable bonds is 6. The van der Waals surface area contributed by atoms with Gasteiger partial charge in [-0.25, -0.2) is 17.2 Å². The molecule has 1 aliphatic rings. The Morgan fingerprint density at radius 1 is 1.06 bits per heavy atom. The third-order valence-corrected chi connectivity index (χ3v) is 7.69. The highest BCUT2D eigenvalue weighted by Crippen LogP contribution is 2.25. The molecule has 2 aromatic carbocycles. The van der Waals surface area contributed by atoms with Crippen molar-refractivity contribution in [3.63, 3.8) is 0 Å². The van der Waals surface area contributed by atoms with Crippen LogP contribution in [0.5, 0.6) is 0 Å². The van der Waals surface area contributed by atoms with Crippen molar-refractivity contribution in [2.45, 2.75) is 37.1 Å². The quantitative estimate of drug-likeness (QED) is 0.583. The lowest BCUT2D eigenvalue weighted by Crippen LogP contribution is -2.36. The summed E-state index contributed by atoms with van der Waals surface area (Å²) in [6.07, 6.45) is 3.28. The molecular weight excluding hydrogens is 460 g/mol. The van der Waals surface area contributed by atoms with Gasteiger partial charge in [0.05, 0.1) is 20.8 Å². The van der Waals surface area contributed by atoms with E-state index >= 15 is 0 Å². The molecule has 3 aromatic rings. The fourth-order valence-corrected chi connectivity index (χ4v) is 5.83. The van der Waals surface area contributed by atoms with Crippen molar-refractivity contribution in [1.82, 2.24) is 9.47 Å². The number of aryl methyl sites for hydroxylation is 1. The van der Waals surface area contributed by atoms with Crippen molar-refractivity contribution in [3.8, 4) is 0 Å². The van der Waals surface area contributed by atoms with E-state index in [-0.39, 0.29) is 34.3 Å².